The quantitative estimate of drug-likeness (QED) is 0.492. The SMILES string of the molecule is CC([NH3+])Cc1ccc([OH2+])cc1.[Cl-]. The molecule has 0 saturated heterocycles. The topological polar surface area (TPSA) is 50.5 Å². The minimum absolute atomic E-state index is 0. The van der Waals surface area contributed by atoms with E-state index in [-0.39, 0.29) is 12.4 Å². The fraction of sp³-hybridized carbons (Fsp3) is 0.333. The lowest BCUT2D eigenvalue weighted by molar-refractivity contribution is -0.413. The Hall–Kier alpha value is -0.730. The van der Waals surface area contributed by atoms with Crippen molar-refractivity contribution in [2.75, 3.05) is 0 Å². The van der Waals surface area contributed by atoms with Gasteiger partial charge in [-0.15, -0.1) is 0 Å². The van der Waals surface area contributed by atoms with Crippen LogP contribution in [0.25, 0.3) is 0 Å². The third-order valence-corrected chi connectivity index (χ3v) is 1.54. The van der Waals surface area contributed by atoms with Gasteiger partial charge in [-0.2, -0.15) is 0 Å². The van der Waals surface area contributed by atoms with Crippen molar-refractivity contribution in [3.05, 3.63) is 29.8 Å². The van der Waals surface area contributed by atoms with E-state index in [1.165, 1.54) is 5.56 Å². The zero-order chi connectivity index (χ0) is 8.27. The molecule has 0 aromatic heterocycles. The normalized spacial score (nSPS) is 11.8. The molecule has 68 valence electrons. The molecule has 0 aliphatic rings. The van der Waals surface area contributed by atoms with Gasteiger partial charge in [-0.25, -0.2) is 0 Å². The van der Waals surface area contributed by atoms with E-state index in [1.807, 2.05) is 24.3 Å². The van der Waals surface area contributed by atoms with E-state index in [2.05, 4.69) is 12.7 Å². The van der Waals surface area contributed by atoms with Crippen LogP contribution >= 0.6 is 0 Å². The second-order valence-electron chi connectivity index (χ2n) is 3.01. The van der Waals surface area contributed by atoms with Crippen molar-refractivity contribution in [1.29, 1.82) is 0 Å². The van der Waals surface area contributed by atoms with Crippen molar-refractivity contribution in [1.82, 2.24) is 0 Å². The molecule has 1 aromatic carbocycles. The van der Waals surface area contributed by atoms with Gasteiger partial charge < -0.3 is 23.2 Å². The molecule has 3 heteroatoms. The molecule has 12 heavy (non-hydrogen) atoms. The van der Waals surface area contributed by atoms with Gasteiger partial charge in [0.25, 0.3) is 5.75 Å². The van der Waals surface area contributed by atoms with Gasteiger partial charge in [0, 0.05) is 18.6 Å². The van der Waals surface area contributed by atoms with Crippen LogP contribution in [0.15, 0.2) is 24.3 Å². The summed E-state index contributed by atoms with van der Waals surface area (Å²) in [6, 6.07) is 8.07. The highest BCUT2D eigenvalue weighted by Gasteiger charge is 2.00. The molecular weight excluding hydrogens is 174 g/mol. The predicted molar refractivity (Wildman–Crippen MR) is 45.6 cm³/mol. The maximum Gasteiger partial charge on any atom is 0.253 e. The first kappa shape index (κ1) is 11.3. The molecule has 1 unspecified atom stereocenters. The number of rotatable bonds is 2. The minimum atomic E-state index is 0. The van der Waals surface area contributed by atoms with Gasteiger partial charge in [-0.1, -0.05) is 0 Å². The third kappa shape index (κ3) is 3.60. The molecule has 1 aromatic rings. The Morgan fingerprint density at radius 3 is 2.25 bits per heavy atom. The third-order valence-electron chi connectivity index (χ3n) is 1.54. The van der Waals surface area contributed by atoms with Gasteiger partial charge in [-0.3, -0.25) is 0 Å². The van der Waals surface area contributed by atoms with Crippen LogP contribution in [0.2, 0.25) is 0 Å². The predicted octanol–water partition coefficient (Wildman–Crippen LogP) is -2.70. The number of hydrogen-bond donors (Lipinski definition) is 1. The van der Waals surface area contributed by atoms with Crippen LogP contribution in [-0.4, -0.2) is 11.1 Å². The lowest BCUT2D eigenvalue weighted by Crippen LogP contribution is -3.00. The van der Waals surface area contributed by atoms with Crippen molar-refractivity contribution in [2.45, 2.75) is 19.4 Å². The second-order valence-corrected chi connectivity index (χ2v) is 3.01. The lowest BCUT2D eigenvalue weighted by atomic mass is 10.1. The molecule has 1 atom stereocenters. The molecule has 0 bridgehead atoms. The average Bonchev–Trinajstić information content (AvgIpc) is 1.93. The Labute approximate surface area is 78.8 Å². The Morgan fingerprint density at radius 2 is 1.83 bits per heavy atom. The zero-order valence-corrected chi connectivity index (χ0v) is 7.93. The molecule has 2 nitrogen and oxygen atoms in total. The molecule has 5 N–H and O–H groups in total. The van der Waals surface area contributed by atoms with Crippen molar-refractivity contribution in [3.8, 4) is 5.75 Å². The van der Waals surface area contributed by atoms with E-state index in [9.17, 15) is 0 Å². The first-order chi connectivity index (χ1) is 5.18. The summed E-state index contributed by atoms with van der Waals surface area (Å²) in [4.78, 5) is 0. The summed E-state index contributed by atoms with van der Waals surface area (Å²) in [5.74, 6) is 0.575. The number of hydrogen-bond acceptors (Lipinski definition) is 0. The van der Waals surface area contributed by atoms with Crippen LogP contribution in [0.4, 0.5) is 0 Å². The van der Waals surface area contributed by atoms with Crippen LogP contribution in [0.5, 0.6) is 5.75 Å². The molecular formula is C9H15ClNO+. The second kappa shape index (κ2) is 5.01. The molecule has 0 saturated carbocycles. The van der Waals surface area contributed by atoms with E-state index in [4.69, 9.17) is 5.11 Å². The Kier molecular flexibility index (Phi) is 4.71. The summed E-state index contributed by atoms with van der Waals surface area (Å²) in [5, 5.41) is 7.26. The summed E-state index contributed by atoms with van der Waals surface area (Å²) >= 11 is 0. The summed E-state index contributed by atoms with van der Waals surface area (Å²) < 4.78 is 0. The van der Waals surface area contributed by atoms with Gasteiger partial charge >= 0.3 is 0 Å². The van der Waals surface area contributed by atoms with E-state index in [1.54, 1.807) is 0 Å². The highest BCUT2D eigenvalue weighted by molar-refractivity contribution is 5.26. The van der Waals surface area contributed by atoms with E-state index in [0.29, 0.717) is 11.8 Å². The van der Waals surface area contributed by atoms with Crippen molar-refractivity contribution in [2.24, 2.45) is 0 Å². The first-order valence-electron chi connectivity index (χ1n) is 3.82. The maximum atomic E-state index is 7.26. The molecule has 0 amide bonds. The Bertz CT molecular complexity index is 220. The highest BCUT2D eigenvalue weighted by atomic mass is 35.5. The van der Waals surface area contributed by atoms with Crippen molar-refractivity contribution in [3.63, 3.8) is 0 Å². The zero-order valence-electron chi connectivity index (χ0n) is 7.18. The molecule has 1 rings (SSSR count). The van der Waals surface area contributed by atoms with Crippen LogP contribution < -0.4 is 18.1 Å². The van der Waals surface area contributed by atoms with Crippen molar-refractivity contribution >= 4 is 0 Å². The minimum Gasteiger partial charge on any atom is -1.00 e. The van der Waals surface area contributed by atoms with E-state index >= 15 is 0 Å². The maximum absolute atomic E-state index is 7.26. The first-order valence-corrected chi connectivity index (χ1v) is 3.82. The standard InChI is InChI=1S/C9H13NO.ClH/c1-7(10)6-8-2-4-9(11)5-3-8;/h2-5,7,11H,6,10H2,1H3;1H/p+1. The number of halogens is 1. The summed E-state index contributed by atoms with van der Waals surface area (Å²) in [5.41, 5.74) is 5.18. The van der Waals surface area contributed by atoms with Gasteiger partial charge in [-0.05, 0) is 24.6 Å². The Balaban J connectivity index is 0.00000121. The van der Waals surface area contributed by atoms with Crippen molar-refractivity contribution < 1.29 is 23.2 Å². The fourth-order valence-corrected chi connectivity index (χ4v) is 1.04. The molecule has 0 heterocycles. The van der Waals surface area contributed by atoms with Crippen LogP contribution in [-0.2, 0) is 6.42 Å². The monoisotopic (exact) mass is 188 g/mol. The lowest BCUT2D eigenvalue weighted by Gasteiger charge is -2.00. The molecule has 0 aliphatic carbocycles. The number of quaternary nitrogens is 1. The number of benzene rings is 1. The van der Waals surface area contributed by atoms with Crippen LogP contribution in [0, 0.1) is 0 Å². The van der Waals surface area contributed by atoms with Gasteiger partial charge in [0.15, 0.2) is 0 Å². The van der Waals surface area contributed by atoms with Gasteiger partial charge in [0.1, 0.15) is 0 Å². The smallest absolute Gasteiger partial charge is 0.253 e. The van der Waals surface area contributed by atoms with E-state index < -0.39 is 0 Å². The molecule has 0 radical (unpaired) electrons. The fourth-order valence-electron chi connectivity index (χ4n) is 1.04. The molecule has 0 spiro atoms. The van der Waals surface area contributed by atoms with Crippen LogP contribution in [0.3, 0.4) is 0 Å². The molecule has 0 aliphatic heterocycles. The summed E-state index contributed by atoms with van der Waals surface area (Å²) in [6.07, 6.45) is 1.00. The highest BCUT2D eigenvalue weighted by Crippen LogP contribution is 2.10. The summed E-state index contributed by atoms with van der Waals surface area (Å²) in [7, 11) is 0. The van der Waals surface area contributed by atoms with Gasteiger partial charge in [0.05, 0.1) is 6.04 Å². The van der Waals surface area contributed by atoms with E-state index in [0.717, 1.165) is 6.42 Å². The average molecular weight is 189 g/mol. The van der Waals surface area contributed by atoms with Gasteiger partial charge in [0.2, 0.25) is 0 Å². The largest absolute Gasteiger partial charge is 1.00 e. The molecule has 0 fully saturated rings. The Morgan fingerprint density at radius 1 is 1.33 bits per heavy atom. The van der Waals surface area contributed by atoms with Crippen LogP contribution in [0.1, 0.15) is 12.5 Å². The summed E-state index contributed by atoms with van der Waals surface area (Å²) in [6.45, 7) is 2.09.